The first-order chi connectivity index (χ1) is 3.93. The Morgan fingerprint density at radius 2 is 2.50 bits per heavy atom. The fraction of sp³-hybridized carbons (Fsp3) is 0.667. The second-order valence-corrected chi connectivity index (χ2v) is 2.34. The summed E-state index contributed by atoms with van der Waals surface area (Å²) in [6.07, 6.45) is 1.12. The Morgan fingerprint density at radius 3 is 3.00 bits per heavy atom. The quantitative estimate of drug-likeness (QED) is 0.445. The van der Waals surface area contributed by atoms with E-state index in [1.54, 1.807) is 0 Å². The molecule has 1 nitrogen and oxygen atoms in total. The van der Waals surface area contributed by atoms with Gasteiger partial charge >= 0.3 is 0 Å². The van der Waals surface area contributed by atoms with Crippen LogP contribution in [-0.4, -0.2) is 13.2 Å². The number of halogens is 1. The van der Waals surface area contributed by atoms with Gasteiger partial charge in [0.1, 0.15) is 0 Å². The van der Waals surface area contributed by atoms with Gasteiger partial charge < -0.3 is 4.74 Å². The van der Waals surface area contributed by atoms with Gasteiger partial charge in [0.15, 0.2) is 0 Å². The Morgan fingerprint density at radius 1 is 1.62 bits per heavy atom. The molecule has 1 heterocycles. The molecule has 0 aromatic carbocycles. The third-order valence-corrected chi connectivity index (χ3v) is 1.50. The molecule has 1 aliphatic heterocycles. The van der Waals surface area contributed by atoms with Crippen LogP contribution in [-0.2, 0) is 4.74 Å². The smallest absolute Gasteiger partial charge is 0.0605 e. The summed E-state index contributed by atoms with van der Waals surface area (Å²) in [5, 5.41) is 0. The molecule has 1 unspecified atom stereocenters. The van der Waals surface area contributed by atoms with Crippen LogP contribution in [0.2, 0.25) is 0 Å². The van der Waals surface area contributed by atoms with E-state index < -0.39 is 0 Å². The average Bonchev–Trinajstić information content (AvgIpc) is 2.19. The van der Waals surface area contributed by atoms with Crippen molar-refractivity contribution in [2.75, 3.05) is 13.2 Å². The highest BCUT2D eigenvalue weighted by molar-refractivity contribution is 14.1. The summed E-state index contributed by atoms with van der Waals surface area (Å²) in [5.41, 5.74) is 0. The maximum Gasteiger partial charge on any atom is 0.0605 e. The molecule has 1 saturated heterocycles. The Hall–Kier alpha value is 0.250. The van der Waals surface area contributed by atoms with Gasteiger partial charge in [-0.05, 0) is 10.3 Å². The van der Waals surface area contributed by atoms with Crippen LogP contribution in [0.15, 0.2) is 0 Å². The highest BCUT2D eigenvalue weighted by Crippen LogP contribution is 2.10. The molecule has 0 saturated carbocycles. The van der Waals surface area contributed by atoms with Gasteiger partial charge in [-0.3, -0.25) is 0 Å². The van der Waals surface area contributed by atoms with Gasteiger partial charge in [-0.1, -0.05) is 5.92 Å². The van der Waals surface area contributed by atoms with Crippen LogP contribution >= 0.6 is 22.6 Å². The minimum absolute atomic E-state index is 0.520. The molecular formula is C6H7IO. The number of hydrogen-bond donors (Lipinski definition) is 0. The summed E-state index contributed by atoms with van der Waals surface area (Å²) in [5.74, 6) is 3.58. The lowest BCUT2D eigenvalue weighted by atomic mass is 10.1. The number of hydrogen-bond acceptors (Lipinski definition) is 1. The van der Waals surface area contributed by atoms with E-state index in [4.69, 9.17) is 4.74 Å². The third kappa shape index (κ3) is 1.64. The largest absolute Gasteiger partial charge is 0.380 e. The molecule has 0 amide bonds. The Kier molecular flexibility index (Phi) is 2.64. The maximum absolute atomic E-state index is 5.10. The monoisotopic (exact) mass is 222 g/mol. The third-order valence-electron chi connectivity index (χ3n) is 1.19. The molecule has 0 spiro atoms. The minimum Gasteiger partial charge on any atom is -0.380 e. The highest BCUT2D eigenvalue weighted by atomic mass is 127. The van der Waals surface area contributed by atoms with E-state index in [1.807, 2.05) is 0 Å². The lowest BCUT2D eigenvalue weighted by molar-refractivity contribution is 0.192. The normalized spacial score (nSPS) is 26.9. The standard InChI is InChI=1S/C6H7IO/c7-3-1-6-2-4-8-5-6/h6H,2,4-5H2. The molecule has 0 bridgehead atoms. The molecule has 0 aromatic rings. The summed E-state index contributed by atoms with van der Waals surface area (Å²) < 4.78 is 7.95. The van der Waals surface area contributed by atoms with Gasteiger partial charge in [-0.2, -0.15) is 0 Å². The van der Waals surface area contributed by atoms with Gasteiger partial charge in [-0.25, -0.2) is 0 Å². The molecule has 44 valence electrons. The van der Waals surface area contributed by atoms with Crippen molar-refractivity contribution >= 4 is 22.6 Å². The van der Waals surface area contributed by atoms with Gasteiger partial charge in [0, 0.05) is 35.1 Å². The zero-order chi connectivity index (χ0) is 5.82. The van der Waals surface area contributed by atoms with Gasteiger partial charge in [-0.15, -0.1) is 0 Å². The van der Waals surface area contributed by atoms with Crippen LogP contribution in [0.3, 0.4) is 0 Å². The van der Waals surface area contributed by atoms with E-state index in [-0.39, 0.29) is 0 Å². The summed E-state index contributed by atoms with van der Waals surface area (Å²) >= 11 is 2.06. The first-order valence-corrected chi connectivity index (χ1v) is 3.70. The predicted molar refractivity (Wildman–Crippen MR) is 40.7 cm³/mol. The molecule has 2 heteroatoms. The van der Waals surface area contributed by atoms with Crippen molar-refractivity contribution in [3.05, 3.63) is 0 Å². The lowest BCUT2D eigenvalue weighted by Gasteiger charge is -1.90. The van der Waals surface area contributed by atoms with Crippen LogP contribution in [0.1, 0.15) is 6.42 Å². The van der Waals surface area contributed by atoms with Crippen LogP contribution in [0, 0.1) is 15.8 Å². The highest BCUT2D eigenvalue weighted by Gasteiger charge is 2.11. The van der Waals surface area contributed by atoms with Crippen molar-refractivity contribution in [2.24, 2.45) is 5.92 Å². The topological polar surface area (TPSA) is 9.23 Å². The molecular weight excluding hydrogens is 215 g/mol. The molecule has 1 fully saturated rings. The van der Waals surface area contributed by atoms with E-state index in [0.29, 0.717) is 5.92 Å². The summed E-state index contributed by atoms with van der Waals surface area (Å²) in [4.78, 5) is 0. The molecule has 1 atom stereocenters. The van der Waals surface area contributed by atoms with Crippen LogP contribution < -0.4 is 0 Å². The van der Waals surface area contributed by atoms with Crippen LogP contribution in [0.4, 0.5) is 0 Å². The van der Waals surface area contributed by atoms with Crippen molar-refractivity contribution in [3.63, 3.8) is 0 Å². The Labute approximate surface area is 62.9 Å². The molecule has 0 radical (unpaired) electrons. The van der Waals surface area contributed by atoms with Gasteiger partial charge in [0.2, 0.25) is 0 Å². The summed E-state index contributed by atoms with van der Waals surface area (Å²) in [7, 11) is 0. The van der Waals surface area contributed by atoms with Crippen molar-refractivity contribution in [1.82, 2.24) is 0 Å². The van der Waals surface area contributed by atoms with E-state index >= 15 is 0 Å². The average molecular weight is 222 g/mol. The van der Waals surface area contributed by atoms with Gasteiger partial charge in [0.05, 0.1) is 6.61 Å². The number of ether oxygens (including phenoxy) is 1. The van der Waals surface area contributed by atoms with E-state index in [0.717, 1.165) is 19.6 Å². The minimum atomic E-state index is 0.520. The zero-order valence-electron chi connectivity index (χ0n) is 4.48. The second kappa shape index (κ2) is 3.31. The lowest BCUT2D eigenvalue weighted by Crippen LogP contribution is -1.92. The van der Waals surface area contributed by atoms with Crippen molar-refractivity contribution < 1.29 is 4.74 Å². The maximum atomic E-state index is 5.10. The molecule has 1 aliphatic rings. The Balaban J connectivity index is 2.32. The number of rotatable bonds is 0. The first kappa shape index (κ1) is 6.37. The molecule has 0 N–H and O–H groups in total. The van der Waals surface area contributed by atoms with Crippen molar-refractivity contribution in [3.8, 4) is 9.85 Å². The van der Waals surface area contributed by atoms with E-state index in [9.17, 15) is 0 Å². The summed E-state index contributed by atoms with van der Waals surface area (Å²) in [6.45, 7) is 1.74. The van der Waals surface area contributed by atoms with Crippen LogP contribution in [0.5, 0.6) is 0 Å². The van der Waals surface area contributed by atoms with Crippen LogP contribution in [0.25, 0.3) is 0 Å². The van der Waals surface area contributed by atoms with Gasteiger partial charge in [0.25, 0.3) is 0 Å². The molecule has 8 heavy (non-hydrogen) atoms. The molecule has 1 rings (SSSR count). The zero-order valence-corrected chi connectivity index (χ0v) is 6.64. The van der Waals surface area contributed by atoms with Crippen molar-refractivity contribution in [1.29, 1.82) is 0 Å². The first-order valence-electron chi connectivity index (χ1n) is 2.62. The SMILES string of the molecule is IC#CC1CCOC1. The van der Waals surface area contributed by atoms with E-state index in [2.05, 4.69) is 32.4 Å². The predicted octanol–water partition coefficient (Wildman–Crippen LogP) is 1.42. The fourth-order valence-electron chi connectivity index (χ4n) is 0.726. The summed E-state index contributed by atoms with van der Waals surface area (Å²) in [6, 6.07) is 0. The van der Waals surface area contributed by atoms with Crippen molar-refractivity contribution in [2.45, 2.75) is 6.42 Å². The second-order valence-electron chi connectivity index (χ2n) is 1.80. The molecule has 0 aromatic heterocycles. The fourth-order valence-corrected chi connectivity index (χ4v) is 1.17. The van der Waals surface area contributed by atoms with E-state index in [1.165, 1.54) is 0 Å². The Bertz CT molecular complexity index is 116. The molecule has 0 aliphatic carbocycles.